The summed E-state index contributed by atoms with van der Waals surface area (Å²) in [5.74, 6) is -1.60. The van der Waals surface area contributed by atoms with Gasteiger partial charge in [-0.05, 0) is 148 Å². The molecule has 0 fully saturated rings. The van der Waals surface area contributed by atoms with Gasteiger partial charge in [-0.3, -0.25) is 32.5 Å². The zero-order chi connectivity index (χ0) is 78.0. The van der Waals surface area contributed by atoms with E-state index >= 15 is 0 Å². The molecule has 18 heteroatoms. The van der Waals surface area contributed by atoms with Gasteiger partial charge in [0.05, 0.1) is 26.4 Å². The first-order chi connectivity index (χ1) is 52.2. The number of ether oxygens (including phenoxy) is 3. The SMILES string of the molecule is CC/C=C\C/C=C\C/C=C\C/C=C\C/C=C\C/C=C\CCCCCCCCCCCCCCC(=O)OCC(O)COP(=O)(O)OCC(O)COP(=O)(O)OCC(COC(=O)CCCCCCCCCCC/C=C\C/C=C\C/C=C\C/C=C\C/C=C\CC)OC(=O)CCCCCCC/C=C\C/C=C\CCCCC. The Kier molecular flexibility index (Phi) is 77.0. The number of phosphoric acid groups is 2. The molecule has 0 saturated carbocycles. The molecular formula is C89H150O16P2. The molecule has 0 amide bonds. The fraction of sp³-hybridized carbons (Fsp3) is 0.674. The van der Waals surface area contributed by atoms with Gasteiger partial charge >= 0.3 is 33.6 Å². The number of aliphatic hydroxyl groups is 2. The van der Waals surface area contributed by atoms with Crippen molar-refractivity contribution in [1.82, 2.24) is 0 Å². The Labute approximate surface area is 650 Å². The fourth-order valence-corrected chi connectivity index (χ4v) is 12.5. The van der Waals surface area contributed by atoms with Gasteiger partial charge in [0, 0.05) is 19.3 Å². The van der Waals surface area contributed by atoms with Crippen molar-refractivity contribution in [3.05, 3.63) is 158 Å². The number of unbranched alkanes of at least 4 members (excludes halogenated alkanes) is 29. The maximum absolute atomic E-state index is 13.0. The molecule has 0 aromatic heterocycles. The van der Waals surface area contributed by atoms with Gasteiger partial charge in [-0.1, -0.05) is 320 Å². The zero-order valence-corrected chi connectivity index (χ0v) is 68.8. The lowest BCUT2D eigenvalue weighted by molar-refractivity contribution is -0.161. The number of esters is 3. The van der Waals surface area contributed by atoms with Crippen molar-refractivity contribution < 1.29 is 75.8 Å². The Morgan fingerprint density at radius 2 is 0.495 bits per heavy atom. The van der Waals surface area contributed by atoms with E-state index in [0.717, 1.165) is 173 Å². The standard InChI is InChI=1S/C89H150O16P2/c1-4-7-10-13-16-19-22-25-28-30-32-34-36-38-39-40-41-42-43-45-47-48-50-52-55-57-60-63-66-69-72-75-87(92)99-78-84(90)79-101-106(95,96)102-80-85(91)81-103-107(97,98)104-83-86(105-89(94)77-74-71-68-65-62-59-54-27-24-21-18-15-12-9-6-3)82-100-88(93)76-73-70-67-64-61-58-56-53-51-49-46-44-37-35-33-31-29-26-23-20-17-14-11-8-5-2/h7-8,10-11,16-21,25-29,32-35,38-39,41-42,44,46,54,84-86,90-91H,4-6,9,12-15,22-24,30-31,36-37,40,43,45,47-53,55-83H2,1-3H3,(H,95,96)(H,97,98)/b10-7-,11-8-,19-16-,20-17-,21-18-,28-25-,29-26-,34-32-,35-33-,39-38-,42-41-,46-44-,54-27-. The van der Waals surface area contributed by atoms with Crippen LogP contribution in [0.25, 0.3) is 0 Å². The molecule has 0 heterocycles. The topological polar surface area (TPSA) is 231 Å². The van der Waals surface area contributed by atoms with E-state index in [1.807, 2.05) is 0 Å². The Morgan fingerprint density at radius 3 is 0.785 bits per heavy atom. The third-order valence-corrected chi connectivity index (χ3v) is 19.1. The maximum atomic E-state index is 13.0. The molecule has 107 heavy (non-hydrogen) atoms. The predicted octanol–water partition coefficient (Wildman–Crippen LogP) is 25.0. The summed E-state index contributed by atoms with van der Waals surface area (Å²) in [6.07, 6.45) is 101. The van der Waals surface area contributed by atoms with Crippen LogP contribution in [-0.2, 0) is 55.8 Å². The Bertz CT molecular complexity index is 2580. The van der Waals surface area contributed by atoms with Crippen LogP contribution >= 0.6 is 15.6 Å². The summed E-state index contributed by atoms with van der Waals surface area (Å²) < 4.78 is 61.2. The zero-order valence-electron chi connectivity index (χ0n) is 67.0. The van der Waals surface area contributed by atoms with Gasteiger partial charge in [0.25, 0.3) is 0 Å². The summed E-state index contributed by atoms with van der Waals surface area (Å²) in [5, 5.41) is 20.7. The molecule has 5 unspecified atom stereocenters. The van der Waals surface area contributed by atoms with E-state index in [4.69, 9.17) is 32.3 Å². The van der Waals surface area contributed by atoms with E-state index < -0.39 is 91.5 Å². The van der Waals surface area contributed by atoms with E-state index in [1.165, 1.54) is 96.3 Å². The summed E-state index contributed by atoms with van der Waals surface area (Å²) in [7, 11) is -9.81. The van der Waals surface area contributed by atoms with Crippen molar-refractivity contribution >= 4 is 33.6 Å². The largest absolute Gasteiger partial charge is 0.472 e. The first-order valence-electron chi connectivity index (χ1n) is 41.8. The lowest BCUT2D eigenvalue weighted by atomic mass is 10.0. The highest BCUT2D eigenvalue weighted by Gasteiger charge is 2.29. The molecule has 0 aliphatic rings. The molecule has 0 rings (SSSR count). The molecule has 0 spiro atoms. The quantitative estimate of drug-likeness (QED) is 0.0146. The van der Waals surface area contributed by atoms with Crippen LogP contribution in [0.15, 0.2) is 158 Å². The normalized spacial score (nSPS) is 14.7. The Balaban J connectivity index is 4.53. The molecule has 4 N–H and O–H groups in total. The molecule has 0 aromatic rings. The highest BCUT2D eigenvalue weighted by molar-refractivity contribution is 7.47. The summed E-state index contributed by atoms with van der Waals surface area (Å²) in [6.45, 7) is 2.42. The number of carbonyl (C=O) groups excluding carboxylic acids is 3. The number of carbonyl (C=O) groups is 3. The van der Waals surface area contributed by atoms with Crippen molar-refractivity contribution in [2.75, 3.05) is 39.6 Å². The minimum atomic E-state index is -4.94. The van der Waals surface area contributed by atoms with Crippen LogP contribution in [0.1, 0.15) is 329 Å². The van der Waals surface area contributed by atoms with Crippen molar-refractivity contribution in [2.45, 2.75) is 347 Å². The van der Waals surface area contributed by atoms with Crippen molar-refractivity contribution in [3.63, 3.8) is 0 Å². The van der Waals surface area contributed by atoms with Crippen LogP contribution in [-0.4, -0.2) is 95.9 Å². The number of allylic oxidation sites excluding steroid dienone is 26. The molecule has 0 aromatic carbocycles. The second-order valence-electron chi connectivity index (χ2n) is 27.5. The highest BCUT2D eigenvalue weighted by atomic mass is 31.2. The van der Waals surface area contributed by atoms with E-state index in [9.17, 15) is 43.5 Å². The third kappa shape index (κ3) is 82.0. The van der Waals surface area contributed by atoms with Gasteiger partial charge < -0.3 is 34.2 Å². The summed E-state index contributed by atoms with van der Waals surface area (Å²) >= 11 is 0. The highest BCUT2D eigenvalue weighted by Crippen LogP contribution is 2.45. The van der Waals surface area contributed by atoms with Crippen LogP contribution in [0.2, 0.25) is 0 Å². The number of hydrogen-bond acceptors (Lipinski definition) is 14. The van der Waals surface area contributed by atoms with Crippen LogP contribution in [0.4, 0.5) is 0 Å². The summed E-state index contributed by atoms with van der Waals surface area (Å²) in [4.78, 5) is 58.8. The van der Waals surface area contributed by atoms with Gasteiger partial charge in [-0.25, -0.2) is 9.13 Å². The third-order valence-electron chi connectivity index (χ3n) is 17.2. The van der Waals surface area contributed by atoms with Crippen molar-refractivity contribution in [1.29, 1.82) is 0 Å². The van der Waals surface area contributed by atoms with Crippen molar-refractivity contribution in [3.8, 4) is 0 Å². The molecule has 0 radical (unpaired) electrons. The van der Waals surface area contributed by atoms with E-state index in [0.29, 0.717) is 19.3 Å². The first kappa shape index (κ1) is 102. The molecule has 0 aliphatic carbocycles. The van der Waals surface area contributed by atoms with E-state index in [2.05, 4.69) is 179 Å². The fourth-order valence-electron chi connectivity index (χ4n) is 10.9. The van der Waals surface area contributed by atoms with Crippen LogP contribution < -0.4 is 0 Å². The van der Waals surface area contributed by atoms with Crippen LogP contribution in [0, 0.1) is 0 Å². The summed E-state index contributed by atoms with van der Waals surface area (Å²) in [6, 6.07) is 0. The number of phosphoric ester groups is 2. The maximum Gasteiger partial charge on any atom is 0.472 e. The number of hydrogen-bond donors (Lipinski definition) is 4. The minimum absolute atomic E-state index is 0.0839. The Morgan fingerprint density at radius 1 is 0.271 bits per heavy atom. The molecule has 612 valence electrons. The lowest BCUT2D eigenvalue weighted by Gasteiger charge is -2.21. The van der Waals surface area contributed by atoms with Crippen LogP contribution in [0.5, 0.6) is 0 Å². The van der Waals surface area contributed by atoms with Gasteiger partial charge in [0.1, 0.15) is 25.4 Å². The molecule has 0 bridgehead atoms. The molecule has 0 aliphatic heterocycles. The summed E-state index contributed by atoms with van der Waals surface area (Å²) in [5.41, 5.74) is 0. The molecular weight excluding hydrogens is 1390 g/mol. The average molecular weight is 1540 g/mol. The average Bonchev–Trinajstić information content (AvgIpc) is 0.906. The second-order valence-corrected chi connectivity index (χ2v) is 30.4. The van der Waals surface area contributed by atoms with Gasteiger partial charge in [0.15, 0.2) is 6.10 Å². The lowest BCUT2D eigenvalue weighted by Crippen LogP contribution is -2.30. The second kappa shape index (κ2) is 80.7. The predicted molar refractivity (Wildman–Crippen MR) is 445 cm³/mol. The van der Waals surface area contributed by atoms with Gasteiger partial charge in [-0.2, -0.15) is 0 Å². The molecule has 16 nitrogen and oxygen atoms in total. The van der Waals surface area contributed by atoms with Gasteiger partial charge in [-0.15, -0.1) is 0 Å². The monoisotopic (exact) mass is 1540 g/mol. The van der Waals surface area contributed by atoms with Crippen LogP contribution in [0.3, 0.4) is 0 Å². The smallest absolute Gasteiger partial charge is 0.463 e. The van der Waals surface area contributed by atoms with E-state index in [1.54, 1.807) is 0 Å². The first-order valence-corrected chi connectivity index (χ1v) is 44.8. The van der Waals surface area contributed by atoms with E-state index in [-0.39, 0.29) is 19.3 Å². The number of aliphatic hydroxyl groups excluding tert-OH is 2. The minimum Gasteiger partial charge on any atom is -0.463 e. The Hall–Kier alpha value is -4.83. The molecule has 0 saturated heterocycles. The molecule has 5 atom stereocenters. The van der Waals surface area contributed by atoms with Crippen molar-refractivity contribution in [2.24, 2.45) is 0 Å². The number of rotatable bonds is 78. The van der Waals surface area contributed by atoms with Gasteiger partial charge in [0.2, 0.25) is 0 Å².